The SMILES string of the molecule is O=C(N[C@H](c1cccs1)C1CCOCC1)c1cccc(Oc2ccc(F)cc2)c1. The summed E-state index contributed by atoms with van der Waals surface area (Å²) in [4.78, 5) is 14.2. The van der Waals surface area contributed by atoms with E-state index < -0.39 is 0 Å². The zero-order valence-electron chi connectivity index (χ0n) is 15.8. The van der Waals surface area contributed by atoms with E-state index in [0.29, 0.717) is 23.0 Å². The van der Waals surface area contributed by atoms with Crippen LogP contribution in [0.25, 0.3) is 0 Å². The summed E-state index contributed by atoms with van der Waals surface area (Å²) in [6.07, 6.45) is 1.85. The lowest BCUT2D eigenvalue weighted by molar-refractivity contribution is 0.0518. The molecule has 1 aromatic heterocycles. The van der Waals surface area contributed by atoms with Gasteiger partial charge in [-0.3, -0.25) is 4.79 Å². The van der Waals surface area contributed by atoms with Crippen LogP contribution in [0.5, 0.6) is 11.5 Å². The molecule has 1 atom stereocenters. The minimum absolute atomic E-state index is 0.0342. The molecule has 0 aliphatic carbocycles. The van der Waals surface area contributed by atoms with Gasteiger partial charge in [0.15, 0.2) is 0 Å². The molecule has 2 heterocycles. The zero-order chi connectivity index (χ0) is 20.1. The number of thiophene rings is 1. The second-order valence-corrected chi connectivity index (χ2v) is 7.98. The van der Waals surface area contributed by atoms with Gasteiger partial charge in [-0.05, 0) is 72.7 Å². The number of hydrogen-bond acceptors (Lipinski definition) is 4. The molecule has 0 saturated carbocycles. The molecule has 150 valence electrons. The molecule has 0 radical (unpaired) electrons. The van der Waals surface area contributed by atoms with Crippen LogP contribution in [0.2, 0.25) is 0 Å². The minimum Gasteiger partial charge on any atom is -0.457 e. The maximum atomic E-state index is 13.1. The van der Waals surface area contributed by atoms with Gasteiger partial charge >= 0.3 is 0 Å². The molecule has 1 saturated heterocycles. The average Bonchev–Trinajstić information content (AvgIpc) is 3.29. The first kappa shape index (κ1) is 19.6. The van der Waals surface area contributed by atoms with Gasteiger partial charge in [0.05, 0.1) is 6.04 Å². The van der Waals surface area contributed by atoms with Gasteiger partial charge < -0.3 is 14.8 Å². The van der Waals surface area contributed by atoms with Gasteiger partial charge in [-0.2, -0.15) is 0 Å². The molecule has 4 rings (SSSR count). The first-order valence-electron chi connectivity index (χ1n) is 9.64. The van der Waals surface area contributed by atoms with Crippen molar-refractivity contribution in [1.29, 1.82) is 0 Å². The smallest absolute Gasteiger partial charge is 0.251 e. The van der Waals surface area contributed by atoms with Gasteiger partial charge in [-0.1, -0.05) is 12.1 Å². The molecular weight excluding hydrogens is 389 g/mol. The molecule has 1 N–H and O–H groups in total. The Morgan fingerprint density at radius 3 is 2.59 bits per heavy atom. The van der Waals surface area contributed by atoms with Crippen LogP contribution in [0.3, 0.4) is 0 Å². The molecule has 1 fully saturated rings. The summed E-state index contributed by atoms with van der Waals surface area (Å²) in [5.41, 5.74) is 0.526. The third kappa shape index (κ3) is 5.02. The predicted octanol–water partition coefficient (Wildman–Crippen LogP) is 5.58. The Labute approximate surface area is 173 Å². The summed E-state index contributed by atoms with van der Waals surface area (Å²) in [5.74, 6) is 0.938. The fourth-order valence-electron chi connectivity index (χ4n) is 3.50. The molecule has 3 aromatic rings. The van der Waals surface area contributed by atoms with E-state index in [9.17, 15) is 9.18 Å². The van der Waals surface area contributed by atoms with Crippen molar-refractivity contribution < 1.29 is 18.7 Å². The van der Waals surface area contributed by atoms with Gasteiger partial charge in [0, 0.05) is 23.7 Å². The number of benzene rings is 2. The maximum Gasteiger partial charge on any atom is 0.251 e. The summed E-state index contributed by atoms with van der Waals surface area (Å²) in [7, 11) is 0. The normalized spacial score (nSPS) is 15.6. The Hall–Kier alpha value is -2.70. The summed E-state index contributed by atoms with van der Waals surface area (Å²) < 4.78 is 24.3. The quantitative estimate of drug-likeness (QED) is 0.576. The number of amides is 1. The van der Waals surface area contributed by atoms with E-state index in [0.717, 1.165) is 30.9 Å². The van der Waals surface area contributed by atoms with Crippen LogP contribution in [0.15, 0.2) is 66.0 Å². The van der Waals surface area contributed by atoms with Crippen LogP contribution < -0.4 is 10.1 Å². The van der Waals surface area contributed by atoms with Gasteiger partial charge in [0.25, 0.3) is 5.91 Å². The van der Waals surface area contributed by atoms with Crippen molar-refractivity contribution in [2.75, 3.05) is 13.2 Å². The van der Waals surface area contributed by atoms with Crippen molar-refractivity contribution in [2.24, 2.45) is 5.92 Å². The fraction of sp³-hybridized carbons (Fsp3) is 0.261. The van der Waals surface area contributed by atoms with Crippen molar-refractivity contribution in [1.82, 2.24) is 5.32 Å². The van der Waals surface area contributed by atoms with Crippen molar-refractivity contribution in [3.63, 3.8) is 0 Å². The van der Waals surface area contributed by atoms with Gasteiger partial charge in [-0.15, -0.1) is 11.3 Å². The van der Waals surface area contributed by atoms with E-state index in [4.69, 9.17) is 9.47 Å². The van der Waals surface area contributed by atoms with Crippen LogP contribution in [0, 0.1) is 11.7 Å². The summed E-state index contributed by atoms with van der Waals surface area (Å²) in [6.45, 7) is 1.45. The fourth-order valence-corrected chi connectivity index (χ4v) is 4.37. The highest BCUT2D eigenvalue weighted by Crippen LogP contribution is 2.33. The Balaban J connectivity index is 1.49. The van der Waals surface area contributed by atoms with E-state index in [1.165, 1.54) is 12.1 Å². The molecule has 0 spiro atoms. The Bertz CT molecular complexity index is 937. The van der Waals surface area contributed by atoms with Crippen LogP contribution in [0.4, 0.5) is 4.39 Å². The highest BCUT2D eigenvalue weighted by atomic mass is 32.1. The first-order chi connectivity index (χ1) is 14.2. The van der Waals surface area contributed by atoms with Crippen LogP contribution >= 0.6 is 11.3 Å². The molecule has 0 bridgehead atoms. The van der Waals surface area contributed by atoms with E-state index >= 15 is 0 Å². The second kappa shape index (κ2) is 9.20. The van der Waals surface area contributed by atoms with Gasteiger partial charge in [0.2, 0.25) is 0 Å². The topological polar surface area (TPSA) is 47.6 Å². The number of carbonyl (C=O) groups is 1. The lowest BCUT2D eigenvalue weighted by Gasteiger charge is -2.30. The maximum absolute atomic E-state index is 13.1. The van der Waals surface area contributed by atoms with Crippen molar-refractivity contribution in [3.8, 4) is 11.5 Å². The predicted molar refractivity (Wildman–Crippen MR) is 111 cm³/mol. The van der Waals surface area contributed by atoms with Crippen LogP contribution in [-0.2, 0) is 4.74 Å². The number of nitrogens with one attached hydrogen (secondary N) is 1. The molecule has 6 heteroatoms. The molecule has 1 aliphatic rings. The summed E-state index contributed by atoms with van der Waals surface area (Å²) in [5, 5.41) is 5.25. The van der Waals surface area contributed by atoms with Crippen LogP contribution in [-0.4, -0.2) is 19.1 Å². The van der Waals surface area contributed by atoms with E-state index in [1.54, 1.807) is 47.7 Å². The average molecular weight is 411 g/mol. The number of rotatable bonds is 6. The molecule has 29 heavy (non-hydrogen) atoms. The first-order valence-corrected chi connectivity index (χ1v) is 10.5. The van der Waals surface area contributed by atoms with Crippen molar-refractivity contribution in [3.05, 3.63) is 82.3 Å². The molecular formula is C23H22FNO3S. The van der Waals surface area contributed by atoms with E-state index in [-0.39, 0.29) is 17.8 Å². The van der Waals surface area contributed by atoms with Crippen LogP contribution in [0.1, 0.15) is 34.1 Å². The monoisotopic (exact) mass is 411 g/mol. The third-order valence-corrected chi connectivity index (χ3v) is 5.97. The summed E-state index contributed by atoms with van der Waals surface area (Å²) in [6, 6.07) is 16.9. The summed E-state index contributed by atoms with van der Waals surface area (Å²) >= 11 is 1.66. The number of halogens is 1. The van der Waals surface area contributed by atoms with Gasteiger partial charge in [0.1, 0.15) is 17.3 Å². The number of carbonyl (C=O) groups excluding carboxylic acids is 1. The highest BCUT2D eigenvalue weighted by Gasteiger charge is 2.28. The largest absolute Gasteiger partial charge is 0.457 e. The van der Waals surface area contributed by atoms with E-state index in [1.807, 2.05) is 11.4 Å². The standard InChI is InChI=1S/C23H22FNO3S/c24-18-6-8-19(9-7-18)28-20-4-1-3-17(15-20)23(26)25-22(21-5-2-14-29-21)16-10-12-27-13-11-16/h1-9,14-16,22H,10-13H2,(H,25,26)/t22-/m0/s1. The Morgan fingerprint density at radius 1 is 1.07 bits per heavy atom. The third-order valence-electron chi connectivity index (χ3n) is 5.02. The Kier molecular flexibility index (Phi) is 6.22. The molecule has 4 nitrogen and oxygen atoms in total. The number of ether oxygens (including phenoxy) is 2. The van der Waals surface area contributed by atoms with Crippen molar-refractivity contribution in [2.45, 2.75) is 18.9 Å². The minimum atomic E-state index is -0.321. The van der Waals surface area contributed by atoms with E-state index in [2.05, 4.69) is 11.4 Å². The molecule has 0 unspecified atom stereocenters. The lowest BCUT2D eigenvalue weighted by Crippen LogP contribution is -2.35. The van der Waals surface area contributed by atoms with Crippen molar-refractivity contribution >= 4 is 17.2 Å². The zero-order valence-corrected chi connectivity index (χ0v) is 16.7. The number of hydrogen-bond donors (Lipinski definition) is 1. The lowest BCUT2D eigenvalue weighted by atomic mass is 9.90. The molecule has 2 aromatic carbocycles. The Morgan fingerprint density at radius 2 is 1.86 bits per heavy atom. The molecule has 1 aliphatic heterocycles. The van der Waals surface area contributed by atoms with Gasteiger partial charge in [-0.25, -0.2) is 4.39 Å². The molecule has 1 amide bonds. The second-order valence-electron chi connectivity index (χ2n) is 7.00. The highest BCUT2D eigenvalue weighted by molar-refractivity contribution is 7.10.